The van der Waals surface area contributed by atoms with Crippen molar-refractivity contribution in [3.05, 3.63) is 59.7 Å². The Morgan fingerprint density at radius 1 is 1.19 bits per heavy atom. The molecule has 0 aromatic heterocycles. The largest absolute Gasteiger partial charge is 0.377 e. The molecule has 2 heterocycles. The average molecular weight is 386 g/mol. The number of nitrogens with zero attached hydrogens (tertiary/aromatic N) is 1. The monoisotopic (exact) mass is 386 g/mol. The smallest absolute Gasteiger partial charge is 0.258 e. The van der Waals surface area contributed by atoms with E-state index in [2.05, 4.69) is 4.72 Å². The zero-order chi connectivity index (χ0) is 18.9. The normalized spacial score (nSPS) is 19.3. The molecule has 6 nitrogen and oxygen atoms in total. The summed E-state index contributed by atoms with van der Waals surface area (Å²) in [6.45, 7) is 1.53. The van der Waals surface area contributed by atoms with E-state index in [4.69, 9.17) is 4.74 Å². The third kappa shape index (κ3) is 3.76. The molecule has 2 aliphatic heterocycles. The van der Waals surface area contributed by atoms with Crippen molar-refractivity contribution in [1.29, 1.82) is 0 Å². The first-order valence-electron chi connectivity index (χ1n) is 9.16. The number of carbonyl (C=O) groups excluding carboxylic acids is 1. The second kappa shape index (κ2) is 7.42. The molecule has 4 rings (SSSR count). The SMILES string of the molecule is O=C(c1cccc(S(=O)(=O)NC[C@H]2CCCO2)c1)N1CCc2ccccc21. The van der Waals surface area contributed by atoms with Crippen LogP contribution in [0.1, 0.15) is 28.8 Å². The summed E-state index contributed by atoms with van der Waals surface area (Å²) in [7, 11) is -3.69. The maximum Gasteiger partial charge on any atom is 0.258 e. The van der Waals surface area contributed by atoms with Crippen LogP contribution in [0.3, 0.4) is 0 Å². The van der Waals surface area contributed by atoms with Crippen molar-refractivity contribution in [3.8, 4) is 0 Å². The maximum absolute atomic E-state index is 12.9. The third-order valence-electron chi connectivity index (χ3n) is 5.05. The van der Waals surface area contributed by atoms with Crippen LogP contribution in [0.2, 0.25) is 0 Å². The Morgan fingerprint density at radius 2 is 2.04 bits per heavy atom. The van der Waals surface area contributed by atoms with Crippen molar-refractivity contribution in [1.82, 2.24) is 4.72 Å². The van der Waals surface area contributed by atoms with Crippen LogP contribution in [0.25, 0.3) is 0 Å². The molecule has 1 atom stereocenters. The van der Waals surface area contributed by atoms with Gasteiger partial charge in [-0.15, -0.1) is 0 Å². The number of fused-ring (bicyclic) bond motifs is 1. The van der Waals surface area contributed by atoms with Crippen LogP contribution < -0.4 is 9.62 Å². The molecule has 1 amide bonds. The summed E-state index contributed by atoms with van der Waals surface area (Å²) >= 11 is 0. The molecule has 0 aliphatic carbocycles. The fourth-order valence-corrected chi connectivity index (χ4v) is 4.70. The molecule has 7 heteroatoms. The van der Waals surface area contributed by atoms with Gasteiger partial charge in [0.05, 0.1) is 11.0 Å². The van der Waals surface area contributed by atoms with Crippen molar-refractivity contribution in [2.24, 2.45) is 0 Å². The van der Waals surface area contributed by atoms with E-state index in [9.17, 15) is 13.2 Å². The Kier molecular flexibility index (Phi) is 4.99. The second-order valence-electron chi connectivity index (χ2n) is 6.85. The Hall–Kier alpha value is -2.22. The van der Waals surface area contributed by atoms with Gasteiger partial charge in [0.2, 0.25) is 10.0 Å². The highest BCUT2D eigenvalue weighted by molar-refractivity contribution is 7.89. The van der Waals surface area contributed by atoms with Gasteiger partial charge in [-0.3, -0.25) is 4.79 Å². The molecule has 0 unspecified atom stereocenters. The minimum atomic E-state index is -3.69. The lowest BCUT2D eigenvalue weighted by molar-refractivity contribution is 0.0989. The number of hydrogen-bond acceptors (Lipinski definition) is 4. The molecule has 27 heavy (non-hydrogen) atoms. The van der Waals surface area contributed by atoms with Gasteiger partial charge in [-0.05, 0) is 49.1 Å². The molecule has 1 fully saturated rings. The number of carbonyl (C=O) groups is 1. The van der Waals surface area contributed by atoms with E-state index in [1.807, 2.05) is 24.3 Å². The van der Waals surface area contributed by atoms with Gasteiger partial charge in [0.15, 0.2) is 0 Å². The number of rotatable bonds is 5. The van der Waals surface area contributed by atoms with E-state index in [-0.39, 0.29) is 23.5 Å². The highest BCUT2D eigenvalue weighted by Gasteiger charge is 2.26. The van der Waals surface area contributed by atoms with Crippen LogP contribution in [0, 0.1) is 0 Å². The first-order valence-corrected chi connectivity index (χ1v) is 10.6. The number of sulfonamides is 1. The van der Waals surface area contributed by atoms with Gasteiger partial charge in [-0.25, -0.2) is 13.1 Å². The highest BCUT2D eigenvalue weighted by atomic mass is 32.2. The minimum absolute atomic E-state index is 0.0781. The summed E-state index contributed by atoms with van der Waals surface area (Å²) in [5.41, 5.74) is 2.40. The van der Waals surface area contributed by atoms with Gasteiger partial charge >= 0.3 is 0 Å². The van der Waals surface area contributed by atoms with Gasteiger partial charge < -0.3 is 9.64 Å². The predicted molar refractivity (Wildman–Crippen MR) is 102 cm³/mol. The lowest BCUT2D eigenvalue weighted by Crippen LogP contribution is -2.32. The average Bonchev–Trinajstić information content (AvgIpc) is 3.36. The molecule has 0 saturated carbocycles. The van der Waals surface area contributed by atoms with Crippen LogP contribution in [-0.2, 0) is 21.2 Å². The molecule has 2 aromatic rings. The van der Waals surface area contributed by atoms with Crippen molar-refractivity contribution in [3.63, 3.8) is 0 Å². The maximum atomic E-state index is 12.9. The van der Waals surface area contributed by atoms with E-state index < -0.39 is 10.0 Å². The van der Waals surface area contributed by atoms with Crippen molar-refractivity contribution >= 4 is 21.6 Å². The number of benzene rings is 2. The number of amides is 1. The molecule has 0 bridgehead atoms. The van der Waals surface area contributed by atoms with E-state index in [1.165, 1.54) is 12.1 Å². The third-order valence-corrected chi connectivity index (χ3v) is 6.47. The molecule has 0 radical (unpaired) electrons. The van der Waals surface area contributed by atoms with Gasteiger partial charge in [0.1, 0.15) is 0 Å². The van der Waals surface area contributed by atoms with E-state index in [0.29, 0.717) is 18.7 Å². The minimum Gasteiger partial charge on any atom is -0.377 e. The van der Waals surface area contributed by atoms with Crippen molar-refractivity contribution in [2.75, 3.05) is 24.6 Å². The summed E-state index contributed by atoms with van der Waals surface area (Å²) < 4.78 is 33.2. The first kappa shape index (κ1) is 18.2. The molecule has 2 aliphatic rings. The molecule has 0 spiro atoms. The fraction of sp³-hybridized carbons (Fsp3) is 0.350. The summed E-state index contributed by atoms with van der Waals surface area (Å²) in [6, 6.07) is 14.0. The van der Waals surface area contributed by atoms with Crippen LogP contribution in [-0.4, -0.2) is 40.1 Å². The molecular formula is C20H22N2O4S. The van der Waals surface area contributed by atoms with Crippen LogP contribution in [0.15, 0.2) is 53.4 Å². The summed E-state index contributed by atoms with van der Waals surface area (Å²) in [4.78, 5) is 14.8. The number of ether oxygens (including phenoxy) is 1. The van der Waals surface area contributed by atoms with Gasteiger partial charge in [-0.2, -0.15) is 0 Å². The summed E-state index contributed by atoms with van der Waals surface area (Å²) in [5, 5.41) is 0. The topological polar surface area (TPSA) is 75.7 Å². The van der Waals surface area contributed by atoms with Crippen LogP contribution in [0.5, 0.6) is 0 Å². The first-order chi connectivity index (χ1) is 13.0. The molecule has 1 N–H and O–H groups in total. The Morgan fingerprint density at radius 3 is 2.85 bits per heavy atom. The fourth-order valence-electron chi connectivity index (χ4n) is 3.59. The van der Waals surface area contributed by atoms with Gasteiger partial charge in [-0.1, -0.05) is 24.3 Å². The molecule has 1 saturated heterocycles. The Bertz CT molecular complexity index is 952. The predicted octanol–water partition coefficient (Wildman–Crippen LogP) is 2.35. The summed E-state index contributed by atoms with van der Waals surface area (Å²) in [6.07, 6.45) is 2.54. The van der Waals surface area contributed by atoms with Gasteiger partial charge in [0, 0.05) is 30.9 Å². The lowest BCUT2D eigenvalue weighted by Gasteiger charge is -2.18. The standard InChI is InChI=1S/C20H22N2O4S/c23-20(22-11-10-15-5-1-2-9-19(15)22)16-6-3-8-18(13-16)27(24,25)21-14-17-7-4-12-26-17/h1-3,5-6,8-9,13,17,21H,4,7,10-12,14H2/t17-/m1/s1. The van der Waals surface area contributed by atoms with Crippen LogP contribution >= 0.6 is 0 Å². The number of hydrogen-bond donors (Lipinski definition) is 1. The molecule has 142 valence electrons. The zero-order valence-corrected chi connectivity index (χ0v) is 15.7. The van der Waals surface area contributed by atoms with Crippen LogP contribution in [0.4, 0.5) is 5.69 Å². The summed E-state index contributed by atoms with van der Waals surface area (Å²) in [5.74, 6) is -0.184. The van der Waals surface area contributed by atoms with E-state index in [1.54, 1.807) is 17.0 Å². The zero-order valence-electron chi connectivity index (χ0n) is 14.9. The number of nitrogens with one attached hydrogen (secondary N) is 1. The Balaban J connectivity index is 1.53. The van der Waals surface area contributed by atoms with Gasteiger partial charge in [0.25, 0.3) is 5.91 Å². The Labute approximate surface area is 159 Å². The van der Waals surface area contributed by atoms with Crippen molar-refractivity contribution < 1.29 is 17.9 Å². The van der Waals surface area contributed by atoms with E-state index >= 15 is 0 Å². The second-order valence-corrected chi connectivity index (χ2v) is 8.62. The number of anilines is 1. The highest BCUT2D eigenvalue weighted by Crippen LogP contribution is 2.29. The van der Waals surface area contributed by atoms with E-state index in [0.717, 1.165) is 30.5 Å². The van der Waals surface area contributed by atoms with Crippen molar-refractivity contribution in [2.45, 2.75) is 30.3 Å². The molecular weight excluding hydrogens is 364 g/mol. The molecule has 2 aromatic carbocycles. The lowest BCUT2D eigenvalue weighted by atomic mass is 10.1. The quantitative estimate of drug-likeness (QED) is 0.856. The number of para-hydroxylation sites is 1.